The molecule has 0 bridgehead atoms. The van der Waals surface area contributed by atoms with E-state index < -0.39 is 0 Å². The standard InChI is InChI=1S/C22H30N2O3S/c1-5-13-26-20-12-7-17(15-21(20)27-14-6-2)16(3)23-22(28)24-18-8-10-19(25-4)11-9-18/h7-12,15-16H,5-6,13-14H2,1-4H3,(H2,23,24,28)/t16-/m0/s1. The highest BCUT2D eigenvalue weighted by Crippen LogP contribution is 2.31. The highest BCUT2D eigenvalue weighted by Gasteiger charge is 2.12. The van der Waals surface area contributed by atoms with Crippen molar-refractivity contribution in [2.75, 3.05) is 25.6 Å². The van der Waals surface area contributed by atoms with Crippen LogP contribution < -0.4 is 24.8 Å². The number of benzene rings is 2. The van der Waals surface area contributed by atoms with Gasteiger partial charge >= 0.3 is 0 Å². The molecular formula is C22H30N2O3S. The highest BCUT2D eigenvalue weighted by molar-refractivity contribution is 7.80. The van der Waals surface area contributed by atoms with Crippen LogP contribution in [0.5, 0.6) is 17.2 Å². The maximum absolute atomic E-state index is 5.88. The number of thiocarbonyl (C=S) groups is 1. The second-order valence-corrected chi connectivity index (χ2v) is 6.86. The summed E-state index contributed by atoms with van der Waals surface area (Å²) in [6.45, 7) is 7.57. The van der Waals surface area contributed by atoms with Gasteiger partial charge in [0.25, 0.3) is 0 Å². The van der Waals surface area contributed by atoms with Gasteiger partial charge in [-0.2, -0.15) is 0 Å². The first kappa shape index (κ1) is 21.8. The van der Waals surface area contributed by atoms with Gasteiger partial charge in [-0.05, 0) is 73.9 Å². The zero-order valence-corrected chi connectivity index (χ0v) is 17.9. The molecule has 0 spiro atoms. The van der Waals surface area contributed by atoms with Crippen molar-refractivity contribution in [1.29, 1.82) is 0 Å². The Bertz CT molecular complexity index is 750. The molecular weight excluding hydrogens is 372 g/mol. The molecule has 0 saturated heterocycles. The lowest BCUT2D eigenvalue weighted by Crippen LogP contribution is -2.30. The minimum absolute atomic E-state index is 0.0162. The molecule has 2 rings (SSSR count). The molecule has 0 fully saturated rings. The fourth-order valence-electron chi connectivity index (χ4n) is 2.57. The van der Waals surface area contributed by atoms with E-state index in [0.29, 0.717) is 18.3 Å². The van der Waals surface area contributed by atoms with Crippen molar-refractivity contribution in [3.63, 3.8) is 0 Å². The van der Waals surface area contributed by atoms with Crippen LogP contribution in [0.4, 0.5) is 5.69 Å². The van der Waals surface area contributed by atoms with Gasteiger partial charge in [-0.3, -0.25) is 0 Å². The monoisotopic (exact) mass is 402 g/mol. The molecule has 2 aromatic carbocycles. The summed E-state index contributed by atoms with van der Waals surface area (Å²) < 4.78 is 16.9. The third kappa shape index (κ3) is 6.60. The minimum Gasteiger partial charge on any atom is -0.497 e. The van der Waals surface area contributed by atoms with Crippen molar-refractivity contribution in [1.82, 2.24) is 5.32 Å². The van der Waals surface area contributed by atoms with Gasteiger partial charge in [-0.1, -0.05) is 19.9 Å². The molecule has 0 unspecified atom stereocenters. The Morgan fingerprint density at radius 1 is 0.964 bits per heavy atom. The summed E-state index contributed by atoms with van der Waals surface area (Å²) in [6, 6.07) is 13.7. The molecule has 152 valence electrons. The van der Waals surface area contributed by atoms with Crippen LogP contribution in [0.2, 0.25) is 0 Å². The van der Waals surface area contributed by atoms with E-state index in [2.05, 4.69) is 31.4 Å². The Morgan fingerprint density at radius 3 is 2.21 bits per heavy atom. The molecule has 0 radical (unpaired) electrons. The molecule has 0 saturated carbocycles. The SMILES string of the molecule is CCCOc1ccc([C@H](C)NC(=S)Nc2ccc(OC)cc2)cc1OCCC. The first-order valence-corrected chi connectivity index (χ1v) is 10.1. The normalized spacial score (nSPS) is 11.4. The van der Waals surface area contributed by atoms with Crippen LogP contribution in [0, 0.1) is 0 Å². The van der Waals surface area contributed by atoms with E-state index in [1.54, 1.807) is 7.11 Å². The number of anilines is 1. The van der Waals surface area contributed by atoms with Crippen molar-refractivity contribution in [3.05, 3.63) is 48.0 Å². The van der Waals surface area contributed by atoms with Crippen molar-refractivity contribution >= 4 is 23.0 Å². The fourth-order valence-corrected chi connectivity index (χ4v) is 2.87. The van der Waals surface area contributed by atoms with Gasteiger partial charge in [0.15, 0.2) is 16.6 Å². The van der Waals surface area contributed by atoms with E-state index in [9.17, 15) is 0 Å². The number of hydrogen-bond acceptors (Lipinski definition) is 4. The van der Waals surface area contributed by atoms with Crippen LogP contribution >= 0.6 is 12.2 Å². The quantitative estimate of drug-likeness (QED) is 0.525. The maximum atomic E-state index is 5.88. The van der Waals surface area contributed by atoms with Gasteiger partial charge in [0.05, 0.1) is 26.4 Å². The molecule has 0 heterocycles. The van der Waals surface area contributed by atoms with Crippen LogP contribution in [0.3, 0.4) is 0 Å². The second kappa shape index (κ2) is 11.4. The van der Waals surface area contributed by atoms with Crippen LogP contribution in [0.1, 0.15) is 45.2 Å². The Morgan fingerprint density at radius 2 is 1.61 bits per heavy atom. The Balaban J connectivity index is 2.02. The third-order valence-electron chi connectivity index (χ3n) is 4.09. The smallest absolute Gasteiger partial charge is 0.171 e. The molecule has 0 aromatic heterocycles. The lowest BCUT2D eigenvalue weighted by Gasteiger charge is -2.20. The molecule has 1 atom stereocenters. The van der Waals surface area contributed by atoms with Gasteiger partial charge in [0, 0.05) is 5.69 Å². The maximum Gasteiger partial charge on any atom is 0.171 e. The zero-order chi connectivity index (χ0) is 20.4. The summed E-state index contributed by atoms with van der Waals surface area (Å²) in [5.74, 6) is 2.36. The van der Waals surface area contributed by atoms with E-state index in [0.717, 1.165) is 41.3 Å². The van der Waals surface area contributed by atoms with Crippen LogP contribution in [-0.2, 0) is 0 Å². The first-order valence-electron chi connectivity index (χ1n) is 9.68. The Kier molecular flexibility index (Phi) is 8.88. The van der Waals surface area contributed by atoms with E-state index in [4.69, 9.17) is 26.4 Å². The minimum atomic E-state index is 0.0162. The summed E-state index contributed by atoms with van der Waals surface area (Å²) in [5, 5.41) is 7.06. The number of nitrogens with one attached hydrogen (secondary N) is 2. The van der Waals surface area contributed by atoms with Crippen molar-refractivity contribution in [2.45, 2.75) is 39.7 Å². The molecule has 0 aliphatic carbocycles. The average molecular weight is 403 g/mol. The van der Waals surface area contributed by atoms with Crippen LogP contribution in [0.15, 0.2) is 42.5 Å². The molecule has 2 aromatic rings. The Hall–Kier alpha value is -2.47. The zero-order valence-electron chi connectivity index (χ0n) is 17.1. The van der Waals surface area contributed by atoms with E-state index in [1.807, 2.05) is 42.5 Å². The van der Waals surface area contributed by atoms with Gasteiger partial charge in [0.1, 0.15) is 5.75 Å². The number of methoxy groups -OCH3 is 1. The lowest BCUT2D eigenvalue weighted by atomic mass is 10.1. The molecule has 2 N–H and O–H groups in total. The fraction of sp³-hybridized carbons (Fsp3) is 0.409. The van der Waals surface area contributed by atoms with Crippen LogP contribution in [-0.4, -0.2) is 25.4 Å². The van der Waals surface area contributed by atoms with Gasteiger partial charge in [0.2, 0.25) is 0 Å². The third-order valence-corrected chi connectivity index (χ3v) is 4.31. The Labute approximate surface area is 173 Å². The lowest BCUT2D eigenvalue weighted by molar-refractivity contribution is 0.268. The summed E-state index contributed by atoms with van der Waals surface area (Å²) in [7, 11) is 1.65. The van der Waals surface area contributed by atoms with Crippen molar-refractivity contribution in [2.24, 2.45) is 0 Å². The largest absolute Gasteiger partial charge is 0.497 e. The summed E-state index contributed by atoms with van der Waals surface area (Å²) in [4.78, 5) is 0. The molecule has 28 heavy (non-hydrogen) atoms. The van der Waals surface area contributed by atoms with E-state index in [-0.39, 0.29) is 6.04 Å². The van der Waals surface area contributed by atoms with Crippen LogP contribution in [0.25, 0.3) is 0 Å². The van der Waals surface area contributed by atoms with E-state index in [1.165, 1.54) is 0 Å². The van der Waals surface area contributed by atoms with Gasteiger partial charge in [-0.25, -0.2) is 0 Å². The molecule has 0 aliphatic heterocycles. The molecule has 0 amide bonds. The van der Waals surface area contributed by atoms with E-state index >= 15 is 0 Å². The first-order chi connectivity index (χ1) is 13.6. The summed E-state index contributed by atoms with van der Waals surface area (Å²) in [6.07, 6.45) is 1.90. The predicted molar refractivity (Wildman–Crippen MR) is 119 cm³/mol. The average Bonchev–Trinajstić information content (AvgIpc) is 2.71. The predicted octanol–water partition coefficient (Wildman–Crippen LogP) is 5.32. The summed E-state index contributed by atoms with van der Waals surface area (Å²) in [5.41, 5.74) is 1.98. The van der Waals surface area contributed by atoms with Crippen molar-refractivity contribution in [3.8, 4) is 17.2 Å². The van der Waals surface area contributed by atoms with Gasteiger partial charge in [-0.15, -0.1) is 0 Å². The van der Waals surface area contributed by atoms with Crippen molar-refractivity contribution < 1.29 is 14.2 Å². The number of rotatable bonds is 10. The second-order valence-electron chi connectivity index (χ2n) is 6.45. The topological polar surface area (TPSA) is 51.8 Å². The number of ether oxygens (including phenoxy) is 3. The summed E-state index contributed by atoms with van der Waals surface area (Å²) >= 11 is 5.45. The molecule has 0 aliphatic rings. The molecule has 5 nitrogen and oxygen atoms in total. The van der Waals surface area contributed by atoms with Gasteiger partial charge < -0.3 is 24.8 Å². The number of hydrogen-bond donors (Lipinski definition) is 2. The molecule has 6 heteroatoms. The highest BCUT2D eigenvalue weighted by atomic mass is 32.1.